The van der Waals surface area contributed by atoms with Crippen LogP contribution in [0.25, 0.3) is 11.5 Å². The van der Waals surface area contributed by atoms with E-state index in [2.05, 4.69) is 34.9 Å². The largest absolute Gasteiger partial charge is 0.481 e. The van der Waals surface area contributed by atoms with Crippen molar-refractivity contribution in [3.63, 3.8) is 0 Å². The monoisotopic (exact) mass is 448 g/mol. The molecular formula is C26H32N4O3. The van der Waals surface area contributed by atoms with Gasteiger partial charge in [0.2, 0.25) is 0 Å². The van der Waals surface area contributed by atoms with Gasteiger partial charge in [-0.3, -0.25) is 9.69 Å². The van der Waals surface area contributed by atoms with E-state index in [0.717, 1.165) is 54.9 Å². The number of aliphatic carboxylic acids is 1. The average Bonchev–Trinajstić information content (AvgIpc) is 3.23. The zero-order valence-corrected chi connectivity index (χ0v) is 19.6. The Kier molecular flexibility index (Phi) is 7.08. The molecule has 2 aromatic carbocycles. The normalized spacial score (nSPS) is 17.0. The van der Waals surface area contributed by atoms with Crippen LogP contribution in [0.15, 0.2) is 53.1 Å². The fourth-order valence-corrected chi connectivity index (χ4v) is 4.68. The molecule has 1 aliphatic heterocycles. The predicted octanol–water partition coefficient (Wildman–Crippen LogP) is 4.41. The molecule has 0 radical (unpaired) electrons. The minimum absolute atomic E-state index is 0.0556. The molecule has 0 aliphatic carbocycles. The first kappa shape index (κ1) is 23.0. The van der Waals surface area contributed by atoms with Gasteiger partial charge in [0.15, 0.2) is 0 Å². The fraction of sp³-hybridized carbons (Fsp3) is 0.423. The first-order valence-electron chi connectivity index (χ1n) is 11.6. The quantitative estimate of drug-likeness (QED) is 0.546. The van der Waals surface area contributed by atoms with Crippen LogP contribution in [0, 0.1) is 12.8 Å². The number of aromatic nitrogens is 2. The Bertz CT molecular complexity index is 1080. The molecule has 1 atom stereocenters. The number of hydrogen-bond acceptors (Lipinski definition) is 6. The summed E-state index contributed by atoms with van der Waals surface area (Å²) in [6.07, 6.45) is 1.09. The van der Waals surface area contributed by atoms with Gasteiger partial charge in [0, 0.05) is 37.8 Å². The fourth-order valence-electron chi connectivity index (χ4n) is 4.68. The molecule has 33 heavy (non-hydrogen) atoms. The molecule has 1 saturated heterocycles. The van der Waals surface area contributed by atoms with Gasteiger partial charge in [-0.2, -0.15) is 4.98 Å². The summed E-state index contributed by atoms with van der Waals surface area (Å²) in [6, 6.07) is 16.3. The van der Waals surface area contributed by atoms with Crippen molar-refractivity contribution < 1.29 is 14.4 Å². The van der Waals surface area contributed by atoms with Gasteiger partial charge >= 0.3 is 5.97 Å². The van der Waals surface area contributed by atoms with Crippen LogP contribution >= 0.6 is 0 Å². The second-order valence-corrected chi connectivity index (χ2v) is 9.37. The van der Waals surface area contributed by atoms with Crippen LogP contribution in [0.3, 0.4) is 0 Å². The van der Waals surface area contributed by atoms with E-state index in [1.807, 2.05) is 49.4 Å². The first-order chi connectivity index (χ1) is 15.9. The van der Waals surface area contributed by atoms with Crippen molar-refractivity contribution in [3.8, 4) is 11.5 Å². The lowest BCUT2D eigenvalue weighted by atomic mass is 9.99. The lowest BCUT2D eigenvalue weighted by Crippen LogP contribution is -2.53. The zero-order chi connectivity index (χ0) is 23.4. The van der Waals surface area contributed by atoms with Gasteiger partial charge < -0.3 is 14.5 Å². The molecule has 1 aliphatic rings. The van der Waals surface area contributed by atoms with E-state index in [1.165, 1.54) is 0 Å². The topological polar surface area (TPSA) is 82.7 Å². The van der Waals surface area contributed by atoms with E-state index < -0.39 is 5.97 Å². The minimum Gasteiger partial charge on any atom is -0.481 e. The number of aryl methyl sites for hydroxylation is 1. The number of hydrogen-bond donors (Lipinski definition) is 1. The second-order valence-electron chi connectivity index (χ2n) is 9.37. The second kappa shape index (κ2) is 10.2. The van der Waals surface area contributed by atoms with E-state index in [0.29, 0.717) is 17.8 Å². The lowest BCUT2D eigenvalue weighted by Gasteiger charge is -2.41. The third-order valence-electron chi connectivity index (χ3n) is 5.96. The van der Waals surface area contributed by atoms with E-state index in [9.17, 15) is 4.79 Å². The Balaban J connectivity index is 1.49. The third kappa shape index (κ3) is 5.99. The van der Waals surface area contributed by atoms with Crippen molar-refractivity contribution >= 4 is 11.9 Å². The highest BCUT2D eigenvalue weighted by molar-refractivity contribution is 5.70. The molecule has 0 saturated carbocycles. The number of rotatable bonds is 8. The molecule has 7 heteroatoms. The number of carboxylic acids is 1. The van der Waals surface area contributed by atoms with E-state index >= 15 is 0 Å². The summed E-state index contributed by atoms with van der Waals surface area (Å²) in [4.78, 5) is 20.6. The standard InChI is InChI=1S/C26H32N4O3/c1-18(2)11-23-17-29(16-21-13-19(3)12-20(14-21)15-24(31)32)9-10-30(23)26-27-25(33-28-26)22-7-5-4-6-8-22/h4-8,12-14,18,23H,9-11,15-17H2,1-3H3,(H,31,32)/t23-/m1/s1. The maximum atomic E-state index is 11.2. The zero-order valence-electron chi connectivity index (χ0n) is 19.6. The number of anilines is 1. The van der Waals surface area contributed by atoms with Crippen LogP contribution in [0.5, 0.6) is 0 Å². The summed E-state index contributed by atoms with van der Waals surface area (Å²) < 4.78 is 5.57. The SMILES string of the molecule is Cc1cc(CC(=O)O)cc(CN2CCN(c3noc(-c4ccccc4)n3)[C@H](CC(C)C)C2)c1. The number of carbonyl (C=O) groups is 1. The summed E-state index contributed by atoms with van der Waals surface area (Å²) >= 11 is 0. The smallest absolute Gasteiger partial charge is 0.307 e. The summed E-state index contributed by atoms with van der Waals surface area (Å²) in [6.45, 7) is 9.90. The van der Waals surface area contributed by atoms with E-state index in [-0.39, 0.29) is 12.5 Å². The van der Waals surface area contributed by atoms with Crippen LogP contribution in [0.4, 0.5) is 5.95 Å². The Morgan fingerprint density at radius 3 is 2.64 bits per heavy atom. The molecule has 1 N–H and O–H groups in total. The number of carboxylic acid groups (broad SMARTS) is 1. The van der Waals surface area contributed by atoms with Gasteiger partial charge in [-0.25, -0.2) is 0 Å². The van der Waals surface area contributed by atoms with Crippen LogP contribution in [0.1, 0.15) is 37.0 Å². The lowest BCUT2D eigenvalue weighted by molar-refractivity contribution is -0.136. The van der Waals surface area contributed by atoms with E-state index in [1.54, 1.807) is 0 Å². The molecule has 1 aromatic heterocycles. The van der Waals surface area contributed by atoms with Gasteiger partial charge in [0.05, 0.1) is 6.42 Å². The molecule has 0 spiro atoms. The Labute approximate surface area is 195 Å². The summed E-state index contributed by atoms with van der Waals surface area (Å²) in [5.74, 6) is 0.937. The molecule has 3 aromatic rings. The Morgan fingerprint density at radius 2 is 1.91 bits per heavy atom. The molecule has 0 unspecified atom stereocenters. The van der Waals surface area contributed by atoms with Crippen molar-refractivity contribution in [2.24, 2.45) is 5.92 Å². The third-order valence-corrected chi connectivity index (χ3v) is 5.96. The molecule has 2 heterocycles. The summed E-state index contributed by atoms with van der Waals surface area (Å²) in [7, 11) is 0. The first-order valence-corrected chi connectivity index (χ1v) is 11.6. The Hall–Kier alpha value is -3.19. The van der Waals surface area contributed by atoms with Crippen molar-refractivity contribution in [1.82, 2.24) is 15.0 Å². The van der Waals surface area contributed by atoms with Gasteiger partial charge in [0.25, 0.3) is 11.8 Å². The van der Waals surface area contributed by atoms with Crippen LogP contribution < -0.4 is 4.90 Å². The van der Waals surface area contributed by atoms with E-state index in [4.69, 9.17) is 14.6 Å². The minimum atomic E-state index is -0.799. The van der Waals surface area contributed by atoms with Gasteiger partial charge in [-0.1, -0.05) is 55.8 Å². The molecule has 7 nitrogen and oxygen atoms in total. The summed E-state index contributed by atoms with van der Waals surface area (Å²) in [5, 5.41) is 13.5. The maximum absolute atomic E-state index is 11.2. The van der Waals surface area contributed by atoms with Gasteiger partial charge in [0.1, 0.15) is 0 Å². The summed E-state index contributed by atoms with van der Waals surface area (Å²) in [5.41, 5.74) is 4.04. The van der Waals surface area contributed by atoms with Crippen LogP contribution in [-0.4, -0.2) is 51.8 Å². The van der Waals surface area contributed by atoms with Crippen molar-refractivity contribution in [2.75, 3.05) is 24.5 Å². The average molecular weight is 449 g/mol. The van der Waals surface area contributed by atoms with Gasteiger partial charge in [-0.05, 0) is 47.7 Å². The highest BCUT2D eigenvalue weighted by Crippen LogP contribution is 2.26. The maximum Gasteiger partial charge on any atom is 0.307 e. The van der Waals surface area contributed by atoms with Crippen molar-refractivity contribution in [1.29, 1.82) is 0 Å². The molecule has 0 bridgehead atoms. The highest BCUT2D eigenvalue weighted by atomic mass is 16.5. The molecular weight excluding hydrogens is 416 g/mol. The predicted molar refractivity (Wildman–Crippen MR) is 128 cm³/mol. The number of benzene rings is 2. The van der Waals surface area contributed by atoms with Crippen LogP contribution in [-0.2, 0) is 17.8 Å². The van der Waals surface area contributed by atoms with Gasteiger partial charge in [-0.15, -0.1) is 0 Å². The van der Waals surface area contributed by atoms with Crippen molar-refractivity contribution in [3.05, 3.63) is 65.2 Å². The Morgan fingerprint density at radius 1 is 1.15 bits per heavy atom. The molecule has 174 valence electrons. The van der Waals surface area contributed by atoms with Crippen molar-refractivity contribution in [2.45, 2.75) is 46.2 Å². The number of nitrogens with zero attached hydrogens (tertiary/aromatic N) is 4. The molecule has 1 fully saturated rings. The number of piperazine rings is 1. The van der Waals surface area contributed by atoms with Crippen LogP contribution in [0.2, 0.25) is 0 Å². The molecule has 4 rings (SSSR count). The highest BCUT2D eigenvalue weighted by Gasteiger charge is 2.30. The molecule has 0 amide bonds.